The molecular formula is C22H14F3N5O4. The summed E-state index contributed by atoms with van der Waals surface area (Å²) >= 11 is 0. The first kappa shape index (κ1) is 21.4. The van der Waals surface area contributed by atoms with Gasteiger partial charge in [0.05, 0.1) is 5.56 Å². The highest BCUT2D eigenvalue weighted by atomic mass is 19.4. The summed E-state index contributed by atoms with van der Waals surface area (Å²) in [4.78, 5) is 37.6. The molecule has 1 amide bonds. The number of hydrogen-bond acceptors (Lipinski definition) is 7. The molecule has 1 N–H and O–H groups in total. The highest BCUT2D eigenvalue weighted by molar-refractivity contribution is 5.91. The molecule has 1 aliphatic heterocycles. The summed E-state index contributed by atoms with van der Waals surface area (Å²) in [6, 6.07) is 9.24. The number of rotatable bonds is 4. The Morgan fingerprint density at radius 1 is 1.06 bits per heavy atom. The van der Waals surface area contributed by atoms with E-state index in [9.17, 15) is 22.8 Å². The van der Waals surface area contributed by atoms with Crippen molar-refractivity contribution in [1.82, 2.24) is 19.5 Å². The molecule has 0 atom stereocenters. The van der Waals surface area contributed by atoms with Crippen molar-refractivity contribution < 1.29 is 27.4 Å². The summed E-state index contributed by atoms with van der Waals surface area (Å²) < 4.78 is 49.9. The molecule has 0 bridgehead atoms. The molecule has 0 radical (unpaired) electrons. The largest absolute Gasteiger partial charge is 0.454 e. The van der Waals surface area contributed by atoms with Crippen molar-refractivity contribution in [3.63, 3.8) is 0 Å². The van der Waals surface area contributed by atoms with Crippen LogP contribution in [-0.2, 0) is 17.5 Å². The third-order valence-corrected chi connectivity index (χ3v) is 5.02. The molecule has 4 aromatic rings. The Kier molecular flexibility index (Phi) is 5.11. The van der Waals surface area contributed by atoms with Crippen LogP contribution in [0.1, 0.15) is 5.56 Å². The molecule has 5 rings (SSSR count). The number of amides is 1. The van der Waals surface area contributed by atoms with Crippen LogP contribution in [0.3, 0.4) is 0 Å². The normalized spacial score (nSPS) is 12.7. The monoisotopic (exact) mass is 469 g/mol. The Morgan fingerprint density at radius 3 is 2.59 bits per heavy atom. The highest BCUT2D eigenvalue weighted by Gasteiger charge is 2.30. The van der Waals surface area contributed by atoms with Crippen molar-refractivity contribution >= 4 is 22.6 Å². The lowest BCUT2D eigenvalue weighted by molar-refractivity contribution is -0.137. The number of aromatic nitrogens is 4. The van der Waals surface area contributed by atoms with Gasteiger partial charge < -0.3 is 14.8 Å². The Balaban J connectivity index is 1.35. The van der Waals surface area contributed by atoms with Crippen molar-refractivity contribution in [2.75, 3.05) is 12.1 Å². The van der Waals surface area contributed by atoms with Gasteiger partial charge in [-0.3, -0.25) is 14.2 Å². The third kappa shape index (κ3) is 4.12. The fourth-order valence-electron chi connectivity index (χ4n) is 3.34. The quantitative estimate of drug-likeness (QED) is 0.489. The summed E-state index contributed by atoms with van der Waals surface area (Å²) in [5.74, 6) is 0.725. The van der Waals surface area contributed by atoms with Gasteiger partial charge in [0.15, 0.2) is 23.0 Å². The van der Waals surface area contributed by atoms with Gasteiger partial charge in [0, 0.05) is 23.5 Å². The van der Waals surface area contributed by atoms with Crippen molar-refractivity contribution in [3.05, 3.63) is 70.9 Å². The van der Waals surface area contributed by atoms with Crippen LogP contribution in [0, 0.1) is 0 Å². The van der Waals surface area contributed by atoms with Gasteiger partial charge >= 0.3 is 6.18 Å². The van der Waals surface area contributed by atoms with E-state index >= 15 is 0 Å². The number of ether oxygens (including phenoxy) is 2. The zero-order valence-corrected chi connectivity index (χ0v) is 17.2. The zero-order valence-electron chi connectivity index (χ0n) is 17.2. The van der Waals surface area contributed by atoms with Crippen molar-refractivity contribution in [2.45, 2.75) is 12.7 Å². The Bertz CT molecular complexity index is 1470. The molecule has 12 heteroatoms. The molecule has 0 spiro atoms. The number of nitrogens with zero attached hydrogens (tertiary/aromatic N) is 4. The summed E-state index contributed by atoms with van der Waals surface area (Å²) in [5, 5.41) is 2.73. The van der Waals surface area contributed by atoms with Crippen molar-refractivity contribution in [2.24, 2.45) is 0 Å². The molecule has 1 aliphatic rings. The molecule has 0 aliphatic carbocycles. The van der Waals surface area contributed by atoms with Gasteiger partial charge in [-0.25, -0.2) is 15.0 Å². The minimum absolute atomic E-state index is 0.0577. The molecule has 0 saturated carbocycles. The smallest absolute Gasteiger partial charge is 0.416 e. The summed E-state index contributed by atoms with van der Waals surface area (Å²) in [6.07, 6.45) is -2.05. The van der Waals surface area contributed by atoms with E-state index in [1.807, 2.05) is 0 Å². The minimum Gasteiger partial charge on any atom is -0.454 e. The van der Waals surface area contributed by atoms with E-state index < -0.39 is 23.2 Å². The van der Waals surface area contributed by atoms with Crippen LogP contribution in [0.25, 0.3) is 22.4 Å². The average molecular weight is 469 g/mol. The average Bonchev–Trinajstić information content (AvgIpc) is 3.28. The Morgan fingerprint density at radius 2 is 1.82 bits per heavy atom. The fourth-order valence-corrected chi connectivity index (χ4v) is 3.34. The van der Waals surface area contributed by atoms with Gasteiger partial charge in [0.2, 0.25) is 12.7 Å². The molecule has 0 fully saturated rings. The van der Waals surface area contributed by atoms with Gasteiger partial charge in [0.1, 0.15) is 18.3 Å². The van der Waals surface area contributed by atoms with Crippen molar-refractivity contribution in [3.8, 4) is 22.9 Å². The minimum atomic E-state index is -4.45. The number of carbonyl (C=O) groups excluding carboxylic acids is 1. The fraction of sp³-hybridized carbons (Fsp3) is 0.136. The second-order valence-electron chi connectivity index (χ2n) is 7.30. The Hall–Kier alpha value is -4.48. The predicted molar refractivity (Wildman–Crippen MR) is 113 cm³/mol. The number of nitrogens with one attached hydrogen (secondary N) is 1. The predicted octanol–water partition coefficient (Wildman–Crippen LogP) is 3.24. The van der Waals surface area contributed by atoms with Crippen LogP contribution >= 0.6 is 0 Å². The maximum Gasteiger partial charge on any atom is 0.416 e. The highest BCUT2D eigenvalue weighted by Crippen LogP contribution is 2.34. The van der Waals surface area contributed by atoms with E-state index in [0.717, 1.165) is 16.7 Å². The van der Waals surface area contributed by atoms with Crippen molar-refractivity contribution in [1.29, 1.82) is 0 Å². The molecular weight excluding hydrogens is 455 g/mol. The SMILES string of the molecule is O=C(Cn1cnc2nc(-c3ccc(C(F)(F)F)cc3)ncc2c1=O)Nc1ccc2c(c1)OCO2. The third-order valence-electron chi connectivity index (χ3n) is 5.02. The lowest BCUT2D eigenvalue weighted by Crippen LogP contribution is -2.28. The number of carbonyl (C=O) groups is 1. The van der Waals surface area contributed by atoms with Crippen LogP contribution in [0.5, 0.6) is 11.5 Å². The zero-order chi connectivity index (χ0) is 23.9. The van der Waals surface area contributed by atoms with Gasteiger partial charge in [-0.1, -0.05) is 12.1 Å². The topological polar surface area (TPSA) is 108 Å². The lowest BCUT2D eigenvalue weighted by atomic mass is 10.1. The first-order valence-corrected chi connectivity index (χ1v) is 9.87. The van der Waals surface area contributed by atoms with E-state index in [2.05, 4.69) is 20.3 Å². The van der Waals surface area contributed by atoms with E-state index in [-0.39, 0.29) is 30.2 Å². The Labute approximate surface area is 188 Å². The van der Waals surface area contributed by atoms with Gasteiger partial charge in [-0.2, -0.15) is 13.2 Å². The standard InChI is InChI=1S/C22H14F3N5O4/c23-22(24,25)13-3-1-12(2-4-13)19-26-8-15-20(29-19)27-10-30(21(15)32)9-18(31)28-14-5-6-16-17(7-14)34-11-33-16/h1-8,10H,9,11H2,(H,28,31). The number of anilines is 1. The summed E-state index contributed by atoms with van der Waals surface area (Å²) in [7, 11) is 0. The molecule has 0 saturated heterocycles. The molecule has 34 heavy (non-hydrogen) atoms. The second kappa shape index (κ2) is 8.14. The van der Waals surface area contributed by atoms with Gasteiger partial charge in [-0.15, -0.1) is 0 Å². The number of benzene rings is 2. The maximum absolute atomic E-state index is 12.8. The van der Waals surface area contributed by atoms with Crippen LogP contribution in [-0.4, -0.2) is 32.2 Å². The molecule has 172 valence electrons. The van der Waals surface area contributed by atoms with Crippen LogP contribution in [0.2, 0.25) is 0 Å². The summed E-state index contributed by atoms with van der Waals surface area (Å²) in [5.41, 5.74) is -0.464. The van der Waals surface area contributed by atoms with E-state index in [4.69, 9.17) is 9.47 Å². The van der Waals surface area contributed by atoms with Gasteiger partial charge in [0.25, 0.3) is 5.56 Å². The maximum atomic E-state index is 12.8. The first-order chi connectivity index (χ1) is 16.3. The van der Waals surface area contributed by atoms with E-state index in [1.165, 1.54) is 24.7 Å². The second-order valence-corrected chi connectivity index (χ2v) is 7.30. The van der Waals surface area contributed by atoms with Crippen LogP contribution in [0.15, 0.2) is 59.8 Å². The number of fused-ring (bicyclic) bond motifs is 2. The van der Waals surface area contributed by atoms with Gasteiger partial charge in [-0.05, 0) is 24.3 Å². The first-order valence-electron chi connectivity index (χ1n) is 9.87. The van der Waals surface area contributed by atoms with Crippen LogP contribution in [0.4, 0.5) is 18.9 Å². The number of halogens is 3. The molecule has 0 unspecified atom stereocenters. The molecule has 9 nitrogen and oxygen atoms in total. The molecule has 2 aromatic carbocycles. The van der Waals surface area contributed by atoms with Crippen LogP contribution < -0.4 is 20.3 Å². The van der Waals surface area contributed by atoms with E-state index in [0.29, 0.717) is 22.7 Å². The number of alkyl halides is 3. The summed E-state index contributed by atoms with van der Waals surface area (Å²) in [6.45, 7) is -0.204. The lowest BCUT2D eigenvalue weighted by Gasteiger charge is -2.09. The van der Waals surface area contributed by atoms with E-state index in [1.54, 1.807) is 18.2 Å². The molecule has 2 aromatic heterocycles. The molecule has 3 heterocycles. The number of hydrogen-bond donors (Lipinski definition) is 1.